The molecule has 0 bridgehead atoms. The normalized spacial score (nSPS) is 18.0. The molecule has 1 atom stereocenters. The molecule has 108 valence electrons. The van der Waals surface area contributed by atoms with Crippen LogP contribution in [0.5, 0.6) is 0 Å². The lowest BCUT2D eigenvalue weighted by molar-refractivity contribution is -0.286. The molecular formula is C13H9ClN2O5. The van der Waals surface area contributed by atoms with E-state index >= 15 is 0 Å². The van der Waals surface area contributed by atoms with Crippen molar-refractivity contribution in [3.05, 3.63) is 58.9 Å². The first-order valence-corrected chi connectivity index (χ1v) is 6.26. The van der Waals surface area contributed by atoms with Gasteiger partial charge in [-0.25, -0.2) is 14.6 Å². The first-order chi connectivity index (χ1) is 10.1. The average Bonchev–Trinajstić information content (AvgIpc) is 2.98. The van der Waals surface area contributed by atoms with Crippen LogP contribution in [0.3, 0.4) is 0 Å². The highest BCUT2D eigenvalue weighted by Gasteiger charge is 2.29. The standard InChI is InChI=1S/C13H9ClN2O5/c14-11-5-4-9(7-15-11)13-19-16(21-20-13)10-3-1-2-8(6-10)12(17)18/h1-7,13H,(H,17,18). The second-order valence-corrected chi connectivity index (χ2v) is 4.52. The minimum atomic E-state index is -1.05. The summed E-state index contributed by atoms with van der Waals surface area (Å²) in [5.41, 5.74) is 1.10. The summed E-state index contributed by atoms with van der Waals surface area (Å²) in [5.74, 6) is -1.05. The lowest BCUT2D eigenvalue weighted by Gasteiger charge is -2.12. The van der Waals surface area contributed by atoms with E-state index in [4.69, 9.17) is 31.4 Å². The average molecular weight is 309 g/mol. The Kier molecular flexibility index (Phi) is 3.72. The number of hydrogen-bond acceptors (Lipinski definition) is 6. The van der Waals surface area contributed by atoms with E-state index < -0.39 is 12.3 Å². The van der Waals surface area contributed by atoms with Crippen molar-refractivity contribution in [1.82, 2.24) is 4.98 Å². The number of aromatic carboxylic acids is 1. The number of aromatic nitrogens is 1. The number of carboxylic acid groups (broad SMARTS) is 1. The summed E-state index contributed by atoms with van der Waals surface area (Å²) in [7, 11) is 0. The van der Waals surface area contributed by atoms with Gasteiger partial charge < -0.3 is 5.11 Å². The van der Waals surface area contributed by atoms with Gasteiger partial charge >= 0.3 is 5.97 Å². The highest BCUT2D eigenvalue weighted by Crippen LogP contribution is 2.31. The van der Waals surface area contributed by atoms with Crippen LogP contribution in [0.1, 0.15) is 22.2 Å². The number of nitrogens with zero attached hydrogens (tertiary/aromatic N) is 2. The summed E-state index contributed by atoms with van der Waals surface area (Å²) >= 11 is 5.70. The van der Waals surface area contributed by atoms with E-state index in [2.05, 4.69) is 4.98 Å². The molecule has 2 aromatic rings. The molecule has 7 nitrogen and oxygen atoms in total. The quantitative estimate of drug-likeness (QED) is 0.689. The Bertz CT molecular complexity index is 664. The molecule has 1 aromatic carbocycles. The molecule has 1 unspecified atom stereocenters. The van der Waals surface area contributed by atoms with Gasteiger partial charge in [0.15, 0.2) is 0 Å². The van der Waals surface area contributed by atoms with Crippen LogP contribution in [0.4, 0.5) is 5.69 Å². The highest BCUT2D eigenvalue weighted by molar-refractivity contribution is 6.29. The molecule has 1 aliphatic heterocycles. The monoisotopic (exact) mass is 308 g/mol. The molecule has 1 fully saturated rings. The van der Waals surface area contributed by atoms with Gasteiger partial charge in [-0.3, -0.25) is 0 Å². The number of pyridine rings is 1. The highest BCUT2D eigenvalue weighted by atomic mass is 35.5. The molecular weight excluding hydrogens is 300 g/mol. The van der Waals surface area contributed by atoms with Crippen molar-refractivity contribution in [2.45, 2.75) is 6.29 Å². The van der Waals surface area contributed by atoms with Crippen molar-refractivity contribution >= 4 is 23.3 Å². The van der Waals surface area contributed by atoms with Gasteiger partial charge in [0.1, 0.15) is 5.15 Å². The van der Waals surface area contributed by atoms with Crippen molar-refractivity contribution in [3.63, 3.8) is 0 Å². The maximum absolute atomic E-state index is 10.9. The summed E-state index contributed by atoms with van der Waals surface area (Å²) < 4.78 is 0. The molecule has 0 aliphatic carbocycles. The van der Waals surface area contributed by atoms with E-state index in [1.165, 1.54) is 18.3 Å². The molecule has 21 heavy (non-hydrogen) atoms. The van der Waals surface area contributed by atoms with Gasteiger partial charge in [-0.15, -0.1) is 0 Å². The zero-order chi connectivity index (χ0) is 14.8. The third kappa shape index (κ3) is 2.96. The van der Waals surface area contributed by atoms with Crippen molar-refractivity contribution in [1.29, 1.82) is 0 Å². The number of carbonyl (C=O) groups is 1. The molecule has 0 saturated carbocycles. The molecule has 1 saturated heterocycles. The van der Waals surface area contributed by atoms with Crippen molar-refractivity contribution in [3.8, 4) is 0 Å². The van der Waals surface area contributed by atoms with Crippen LogP contribution in [0.25, 0.3) is 0 Å². The molecule has 3 rings (SSSR count). The van der Waals surface area contributed by atoms with Crippen LogP contribution in [0.15, 0.2) is 42.6 Å². The van der Waals surface area contributed by atoms with E-state index in [9.17, 15) is 4.79 Å². The molecule has 0 amide bonds. The third-order valence-electron chi connectivity index (χ3n) is 2.72. The fourth-order valence-electron chi connectivity index (χ4n) is 1.70. The van der Waals surface area contributed by atoms with E-state index in [1.807, 2.05) is 0 Å². The number of anilines is 1. The Morgan fingerprint density at radius 3 is 2.90 bits per heavy atom. The fourth-order valence-corrected chi connectivity index (χ4v) is 1.81. The first-order valence-electron chi connectivity index (χ1n) is 5.88. The topological polar surface area (TPSA) is 81.1 Å². The molecule has 1 N–H and O–H groups in total. The number of hydrogen-bond donors (Lipinski definition) is 1. The Labute approximate surface area is 124 Å². The Morgan fingerprint density at radius 1 is 1.33 bits per heavy atom. The van der Waals surface area contributed by atoms with Gasteiger partial charge in [0.25, 0.3) is 0 Å². The van der Waals surface area contributed by atoms with Crippen molar-refractivity contribution < 1.29 is 24.6 Å². The zero-order valence-corrected chi connectivity index (χ0v) is 11.2. The largest absolute Gasteiger partial charge is 0.478 e. The molecule has 0 radical (unpaired) electrons. The number of carboxylic acids is 1. The van der Waals surface area contributed by atoms with Gasteiger partial charge in [-0.05, 0) is 30.3 Å². The number of benzene rings is 1. The second-order valence-electron chi connectivity index (χ2n) is 4.13. The molecule has 2 heterocycles. The van der Waals surface area contributed by atoms with Crippen LogP contribution >= 0.6 is 11.6 Å². The van der Waals surface area contributed by atoms with Gasteiger partial charge in [0.2, 0.25) is 6.29 Å². The molecule has 8 heteroatoms. The Hall–Kier alpha value is -2.19. The van der Waals surface area contributed by atoms with Gasteiger partial charge in [-0.2, -0.15) is 4.89 Å². The summed E-state index contributed by atoms with van der Waals surface area (Å²) in [6.07, 6.45) is 0.677. The number of halogens is 1. The summed E-state index contributed by atoms with van der Waals surface area (Å²) in [6, 6.07) is 9.33. The van der Waals surface area contributed by atoms with Gasteiger partial charge in [0.05, 0.1) is 11.3 Å². The maximum Gasteiger partial charge on any atom is 0.335 e. The van der Waals surface area contributed by atoms with Crippen molar-refractivity contribution in [2.75, 3.05) is 5.23 Å². The van der Waals surface area contributed by atoms with E-state index in [0.29, 0.717) is 16.4 Å². The third-order valence-corrected chi connectivity index (χ3v) is 2.94. The minimum Gasteiger partial charge on any atom is -0.478 e. The molecule has 0 spiro atoms. The fraction of sp³-hybridized carbons (Fsp3) is 0.0769. The maximum atomic E-state index is 10.9. The van der Waals surface area contributed by atoms with E-state index in [1.54, 1.807) is 24.3 Å². The second kappa shape index (κ2) is 5.66. The Morgan fingerprint density at radius 2 is 2.19 bits per heavy atom. The molecule has 1 aromatic heterocycles. The molecule has 1 aliphatic rings. The smallest absolute Gasteiger partial charge is 0.335 e. The predicted octanol–water partition coefficient (Wildman–Crippen LogP) is 2.75. The van der Waals surface area contributed by atoms with Crippen molar-refractivity contribution in [2.24, 2.45) is 0 Å². The summed E-state index contributed by atoms with van der Waals surface area (Å²) in [4.78, 5) is 30.2. The van der Waals surface area contributed by atoms with E-state index in [0.717, 1.165) is 5.23 Å². The van der Waals surface area contributed by atoms with Crippen LogP contribution in [0.2, 0.25) is 5.15 Å². The zero-order valence-electron chi connectivity index (χ0n) is 10.5. The van der Waals surface area contributed by atoms with Gasteiger partial charge in [0, 0.05) is 11.8 Å². The first kappa shape index (κ1) is 13.8. The van der Waals surface area contributed by atoms with E-state index in [-0.39, 0.29) is 5.56 Å². The lowest BCUT2D eigenvalue weighted by atomic mass is 10.2. The van der Waals surface area contributed by atoms with Gasteiger partial charge in [-0.1, -0.05) is 27.9 Å². The van der Waals surface area contributed by atoms with Crippen LogP contribution in [-0.4, -0.2) is 16.1 Å². The number of rotatable bonds is 3. The summed E-state index contributed by atoms with van der Waals surface area (Å²) in [6.45, 7) is 0. The SMILES string of the molecule is O=C(O)c1cccc(N2OOC(c3ccc(Cl)nc3)O2)c1. The van der Waals surface area contributed by atoms with Crippen LogP contribution < -0.4 is 5.23 Å². The predicted molar refractivity (Wildman–Crippen MR) is 71.1 cm³/mol. The lowest BCUT2D eigenvalue weighted by Crippen LogP contribution is -2.15. The summed E-state index contributed by atoms with van der Waals surface area (Å²) in [5, 5.41) is 10.3. The van der Waals surface area contributed by atoms with Crippen LogP contribution in [-0.2, 0) is 14.7 Å². The van der Waals surface area contributed by atoms with Crippen LogP contribution in [0, 0.1) is 0 Å². The Balaban J connectivity index is 1.76. The minimum absolute atomic E-state index is 0.108.